The van der Waals surface area contributed by atoms with Gasteiger partial charge in [-0.1, -0.05) is 30.3 Å². The van der Waals surface area contributed by atoms with E-state index in [1.165, 1.54) is 6.33 Å². The van der Waals surface area contributed by atoms with Crippen LogP contribution in [0.1, 0.15) is 30.1 Å². The van der Waals surface area contributed by atoms with E-state index in [-0.39, 0.29) is 17.8 Å². The first-order valence-corrected chi connectivity index (χ1v) is 8.52. The minimum Gasteiger partial charge on any atom is -0.466 e. The highest BCUT2D eigenvalue weighted by molar-refractivity contribution is 5.99. The van der Waals surface area contributed by atoms with Crippen molar-refractivity contribution in [1.82, 2.24) is 14.9 Å². The number of aromatic nitrogens is 2. The summed E-state index contributed by atoms with van der Waals surface area (Å²) >= 11 is 0. The van der Waals surface area contributed by atoms with Crippen LogP contribution in [-0.4, -0.2) is 46.4 Å². The molecule has 2 heterocycles. The Hall–Kier alpha value is -2.76. The normalized spacial score (nSPS) is 17.2. The lowest BCUT2D eigenvalue weighted by atomic mass is 9.97. The van der Waals surface area contributed by atoms with Crippen molar-refractivity contribution in [3.63, 3.8) is 0 Å². The van der Waals surface area contributed by atoms with Gasteiger partial charge in [0, 0.05) is 24.8 Å². The van der Waals surface area contributed by atoms with E-state index >= 15 is 0 Å². The van der Waals surface area contributed by atoms with Crippen molar-refractivity contribution in [1.29, 1.82) is 0 Å². The van der Waals surface area contributed by atoms with Crippen molar-refractivity contribution in [3.8, 4) is 11.3 Å². The predicted molar refractivity (Wildman–Crippen MR) is 92.7 cm³/mol. The zero-order valence-electron chi connectivity index (χ0n) is 14.2. The molecule has 1 aromatic heterocycles. The Bertz CT molecular complexity index is 749. The summed E-state index contributed by atoms with van der Waals surface area (Å²) in [6.45, 7) is 3.14. The number of esters is 1. The molecule has 1 atom stereocenters. The number of rotatable bonds is 4. The molecule has 0 unspecified atom stereocenters. The van der Waals surface area contributed by atoms with Gasteiger partial charge in [-0.15, -0.1) is 0 Å². The molecule has 0 N–H and O–H groups in total. The highest BCUT2D eigenvalue weighted by Crippen LogP contribution is 2.24. The summed E-state index contributed by atoms with van der Waals surface area (Å²) in [4.78, 5) is 35.0. The molecule has 1 aromatic carbocycles. The molecule has 0 saturated carbocycles. The van der Waals surface area contributed by atoms with Crippen LogP contribution in [0.25, 0.3) is 11.3 Å². The Balaban J connectivity index is 1.83. The fourth-order valence-corrected chi connectivity index (χ4v) is 3.10. The van der Waals surface area contributed by atoms with Gasteiger partial charge in [0.05, 0.1) is 23.8 Å². The van der Waals surface area contributed by atoms with Crippen LogP contribution in [-0.2, 0) is 9.53 Å². The Kier molecular flexibility index (Phi) is 5.38. The van der Waals surface area contributed by atoms with Gasteiger partial charge in [0.25, 0.3) is 5.91 Å². The van der Waals surface area contributed by atoms with Gasteiger partial charge in [-0.2, -0.15) is 0 Å². The van der Waals surface area contributed by atoms with Crippen molar-refractivity contribution >= 4 is 11.9 Å². The lowest BCUT2D eigenvalue weighted by molar-refractivity contribution is -0.149. The van der Waals surface area contributed by atoms with Crippen molar-refractivity contribution in [3.05, 3.63) is 48.4 Å². The number of carbonyl (C=O) groups excluding carboxylic acids is 2. The van der Waals surface area contributed by atoms with Crippen LogP contribution in [0.15, 0.2) is 42.9 Å². The van der Waals surface area contributed by atoms with Crippen LogP contribution < -0.4 is 0 Å². The first kappa shape index (κ1) is 17.1. The van der Waals surface area contributed by atoms with Gasteiger partial charge >= 0.3 is 5.97 Å². The van der Waals surface area contributed by atoms with E-state index in [0.29, 0.717) is 31.0 Å². The van der Waals surface area contributed by atoms with E-state index in [2.05, 4.69) is 9.97 Å². The van der Waals surface area contributed by atoms with E-state index in [1.807, 2.05) is 30.3 Å². The Morgan fingerprint density at radius 3 is 2.84 bits per heavy atom. The van der Waals surface area contributed by atoms with Gasteiger partial charge in [0.2, 0.25) is 0 Å². The molecular weight excluding hydrogens is 318 g/mol. The van der Waals surface area contributed by atoms with Crippen LogP contribution >= 0.6 is 0 Å². The lowest BCUT2D eigenvalue weighted by Gasteiger charge is -2.31. The molecule has 0 radical (unpaired) electrons. The van der Waals surface area contributed by atoms with Crippen LogP contribution in [0.5, 0.6) is 0 Å². The summed E-state index contributed by atoms with van der Waals surface area (Å²) in [6, 6.07) is 9.56. The zero-order chi connectivity index (χ0) is 17.6. The monoisotopic (exact) mass is 339 g/mol. The molecule has 1 aliphatic heterocycles. The molecule has 1 fully saturated rings. The number of hydrogen-bond acceptors (Lipinski definition) is 5. The summed E-state index contributed by atoms with van der Waals surface area (Å²) in [7, 11) is 0. The maximum Gasteiger partial charge on any atom is 0.310 e. The van der Waals surface area contributed by atoms with E-state index in [4.69, 9.17) is 4.74 Å². The quantitative estimate of drug-likeness (QED) is 0.801. The third-order valence-electron chi connectivity index (χ3n) is 4.32. The van der Waals surface area contributed by atoms with Crippen molar-refractivity contribution in [2.24, 2.45) is 5.92 Å². The van der Waals surface area contributed by atoms with Gasteiger partial charge in [-0.25, -0.2) is 9.97 Å². The largest absolute Gasteiger partial charge is 0.466 e. The fraction of sp³-hybridized carbons (Fsp3) is 0.368. The Morgan fingerprint density at radius 2 is 2.08 bits per heavy atom. The number of hydrogen-bond donors (Lipinski definition) is 0. The smallest absolute Gasteiger partial charge is 0.310 e. The number of benzene rings is 1. The number of likely N-dealkylation sites (tertiary alicyclic amines) is 1. The molecule has 1 aliphatic rings. The third-order valence-corrected chi connectivity index (χ3v) is 4.32. The molecule has 0 bridgehead atoms. The van der Waals surface area contributed by atoms with Crippen LogP contribution in [0.4, 0.5) is 0 Å². The molecule has 1 saturated heterocycles. The van der Waals surface area contributed by atoms with Crippen LogP contribution in [0.2, 0.25) is 0 Å². The lowest BCUT2D eigenvalue weighted by Crippen LogP contribution is -2.43. The van der Waals surface area contributed by atoms with Gasteiger partial charge in [-0.05, 0) is 19.8 Å². The van der Waals surface area contributed by atoms with E-state index in [1.54, 1.807) is 18.0 Å². The number of ether oxygens (including phenoxy) is 1. The topological polar surface area (TPSA) is 72.4 Å². The van der Waals surface area contributed by atoms with Gasteiger partial charge in [-0.3, -0.25) is 9.59 Å². The van der Waals surface area contributed by atoms with Gasteiger partial charge < -0.3 is 9.64 Å². The second-order valence-corrected chi connectivity index (χ2v) is 5.99. The molecule has 1 amide bonds. The second-order valence-electron chi connectivity index (χ2n) is 5.99. The number of nitrogens with zero attached hydrogens (tertiary/aromatic N) is 3. The first-order chi connectivity index (χ1) is 12.2. The summed E-state index contributed by atoms with van der Waals surface area (Å²) in [5, 5.41) is 0. The van der Waals surface area contributed by atoms with Crippen molar-refractivity contribution in [2.75, 3.05) is 19.7 Å². The maximum atomic E-state index is 13.0. The molecule has 130 valence electrons. The molecule has 6 heteroatoms. The van der Waals surface area contributed by atoms with Crippen molar-refractivity contribution < 1.29 is 14.3 Å². The standard InChI is InChI=1S/C19H21N3O3/c1-2-25-19(24)15-9-6-10-22(12-15)18(23)16-11-20-13-21-17(16)14-7-4-3-5-8-14/h3-5,7-8,11,13,15H,2,6,9-10,12H2,1H3/t15-/m1/s1. The summed E-state index contributed by atoms with van der Waals surface area (Å²) in [6.07, 6.45) is 4.52. The fourth-order valence-electron chi connectivity index (χ4n) is 3.10. The molecule has 6 nitrogen and oxygen atoms in total. The first-order valence-electron chi connectivity index (χ1n) is 8.52. The zero-order valence-corrected chi connectivity index (χ0v) is 14.2. The molecular formula is C19H21N3O3. The van der Waals surface area contributed by atoms with Crippen LogP contribution in [0, 0.1) is 5.92 Å². The third kappa shape index (κ3) is 3.84. The molecule has 25 heavy (non-hydrogen) atoms. The Morgan fingerprint density at radius 1 is 1.28 bits per heavy atom. The van der Waals surface area contributed by atoms with Crippen LogP contribution in [0.3, 0.4) is 0 Å². The highest BCUT2D eigenvalue weighted by Gasteiger charge is 2.31. The number of piperidine rings is 1. The second kappa shape index (κ2) is 7.88. The Labute approximate surface area is 146 Å². The van der Waals surface area contributed by atoms with Gasteiger partial charge in [0.1, 0.15) is 6.33 Å². The highest BCUT2D eigenvalue weighted by atomic mass is 16.5. The maximum absolute atomic E-state index is 13.0. The summed E-state index contributed by atoms with van der Waals surface area (Å²) < 4.78 is 5.11. The number of carbonyl (C=O) groups is 2. The average Bonchev–Trinajstić information content (AvgIpc) is 2.68. The predicted octanol–water partition coefficient (Wildman–Crippen LogP) is 2.56. The summed E-state index contributed by atoms with van der Waals surface area (Å²) in [5.74, 6) is -0.636. The minimum absolute atomic E-state index is 0.145. The average molecular weight is 339 g/mol. The molecule has 3 rings (SSSR count). The van der Waals surface area contributed by atoms with E-state index < -0.39 is 0 Å². The van der Waals surface area contributed by atoms with Gasteiger partial charge in [0.15, 0.2) is 0 Å². The molecule has 2 aromatic rings. The molecule has 0 spiro atoms. The van der Waals surface area contributed by atoms with Crippen molar-refractivity contribution in [2.45, 2.75) is 19.8 Å². The summed E-state index contributed by atoms with van der Waals surface area (Å²) in [5.41, 5.74) is 1.93. The minimum atomic E-state index is -0.262. The van der Waals surface area contributed by atoms with E-state index in [0.717, 1.165) is 18.4 Å². The SMILES string of the molecule is CCOC(=O)[C@@H]1CCCN(C(=O)c2cncnc2-c2ccccc2)C1. The molecule has 0 aliphatic carbocycles. The number of amides is 1. The van der Waals surface area contributed by atoms with E-state index in [9.17, 15) is 9.59 Å².